The highest BCUT2D eigenvalue weighted by atomic mass is 35.5. The maximum atomic E-state index is 11.6. The number of rotatable bonds is 8. The molecule has 0 spiro atoms. The Morgan fingerprint density at radius 3 is 2.29 bits per heavy atom. The van der Waals surface area contributed by atoms with Gasteiger partial charge in [-0.1, -0.05) is 35.3 Å². The number of esters is 1. The molecular formula is C27H25Cl2N3O3. The lowest BCUT2D eigenvalue weighted by Crippen LogP contribution is -2.18. The number of imidazole rings is 1. The fraction of sp³-hybridized carbons (Fsp3) is 0.185. The predicted octanol–water partition coefficient (Wildman–Crippen LogP) is 6.70. The van der Waals surface area contributed by atoms with Crippen molar-refractivity contribution in [1.82, 2.24) is 9.55 Å². The summed E-state index contributed by atoms with van der Waals surface area (Å²) in [7, 11) is 1.35. The number of nitrogens with zero attached hydrogens (tertiary/aromatic N) is 2. The molecule has 3 aromatic carbocycles. The zero-order chi connectivity index (χ0) is 24.9. The van der Waals surface area contributed by atoms with Crippen molar-refractivity contribution < 1.29 is 14.3 Å². The Balaban J connectivity index is 1.45. The van der Waals surface area contributed by atoms with Crippen molar-refractivity contribution in [3.05, 3.63) is 99.9 Å². The highest BCUT2D eigenvalue weighted by Crippen LogP contribution is 2.31. The lowest BCUT2D eigenvalue weighted by Gasteiger charge is -2.13. The normalized spacial score (nSPS) is 11.8. The maximum absolute atomic E-state index is 11.6. The Kier molecular flexibility index (Phi) is 7.76. The molecule has 1 heterocycles. The molecule has 0 bridgehead atoms. The van der Waals surface area contributed by atoms with Gasteiger partial charge >= 0.3 is 5.97 Å². The third kappa shape index (κ3) is 5.85. The van der Waals surface area contributed by atoms with Gasteiger partial charge in [-0.25, -0.2) is 9.78 Å². The lowest BCUT2D eigenvalue weighted by atomic mass is 10.1. The molecule has 0 saturated heterocycles. The van der Waals surface area contributed by atoms with Crippen LogP contribution in [0.5, 0.6) is 11.5 Å². The molecule has 0 fully saturated rings. The number of hydrogen-bond acceptors (Lipinski definition) is 5. The first kappa shape index (κ1) is 24.8. The molecule has 0 aliphatic carbocycles. The van der Waals surface area contributed by atoms with Gasteiger partial charge in [0.2, 0.25) is 0 Å². The van der Waals surface area contributed by atoms with Crippen LogP contribution in [0.2, 0.25) is 10.0 Å². The number of methoxy groups -OCH3 is 1. The van der Waals surface area contributed by atoms with Crippen molar-refractivity contribution in [3.8, 4) is 22.8 Å². The molecule has 0 unspecified atom stereocenters. The molecule has 0 aliphatic heterocycles. The molecule has 8 heteroatoms. The van der Waals surface area contributed by atoms with Crippen LogP contribution in [0.4, 0.5) is 0 Å². The first-order valence-electron chi connectivity index (χ1n) is 11.1. The minimum absolute atomic E-state index is 0.299. The van der Waals surface area contributed by atoms with Gasteiger partial charge in [-0.2, -0.15) is 0 Å². The van der Waals surface area contributed by atoms with E-state index in [0.29, 0.717) is 33.5 Å². The van der Waals surface area contributed by atoms with Crippen LogP contribution in [0, 0.1) is 0 Å². The van der Waals surface area contributed by atoms with Crippen LogP contribution >= 0.6 is 23.2 Å². The Morgan fingerprint density at radius 1 is 1.03 bits per heavy atom. The average Bonchev–Trinajstić information content (AvgIpc) is 3.29. The highest BCUT2D eigenvalue weighted by molar-refractivity contribution is 6.36. The minimum atomic E-state index is -0.385. The van der Waals surface area contributed by atoms with E-state index < -0.39 is 0 Å². The van der Waals surface area contributed by atoms with Crippen LogP contribution in [-0.2, 0) is 17.7 Å². The van der Waals surface area contributed by atoms with Gasteiger partial charge < -0.3 is 19.8 Å². The van der Waals surface area contributed by atoms with Crippen molar-refractivity contribution in [2.45, 2.75) is 25.9 Å². The molecule has 4 rings (SSSR count). The second-order valence-corrected chi connectivity index (χ2v) is 8.81. The molecule has 0 saturated carbocycles. The third-order valence-corrected chi connectivity index (χ3v) is 6.12. The first-order chi connectivity index (χ1) is 16.9. The maximum Gasteiger partial charge on any atom is 0.337 e. The quantitative estimate of drug-likeness (QED) is 0.267. The average molecular weight is 510 g/mol. The van der Waals surface area contributed by atoms with Crippen molar-refractivity contribution in [3.63, 3.8) is 0 Å². The van der Waals surface area contributed by atoms with Gasteiger partial charge in [-0.3, -0.25) is 0 Å². The van der Waals surface area contributed by atoms with Crippen molar-refractivity contribution in [2.24, 2.45) is 5.73 Å². The topological polar surface area (TPSA) is 79.4 Å². The molecule has 4 aromatic rings. The van der Waals surface area contributed by atoms with Gasteiger partial charge in [0.1, 0.15) is 17.3 Å². The van der Waals surface area contributed by atoms with Crippen molar-refractivity contribution in [2.75, 3.05) is 7.11 Å². The van der Waals surface area contributed by atoms with Gasteiger partial charge in [-0.15, -0.1) is 0 Å². The molecule has 35 heavy (non-hydrogen) atoms. The summed E-state index contributed by atoms with van der Waals surface area (Å²) in [5.41, 5.74) is 9.67. The van der Waals surface area contributed by atoms with Crippen LogP contribution in [0.15, 0.2) is 72.9 Å². The summed E-state index contributed by atoms with van der Waals surface area (Å²) >= 11 is 12.4. The van der Waals surface area contributed by atoms with Crippen molar-refractivity contribution >= 4 is 29.2 Å². The molecule has 1 aromatic heterocycles. The van der Waals surface area contributed by atoms with Crippen LogP contribution in [0.3, 0.4) is 0 Å². The summed E-state index contributed by atoms with van der Waals surface area (Å²) in [5.74, 6) is 1.72. The zero-order valence-corrected chi connectivity index (χ0v) is 20.9. The number of benzene rings is 3. The van der Waals surface area contributed by atoms with E-state index in [0.717, 1.165) is 29.2 Å². The number of carbonyl (C=O) groups is 1. The molecule has 0 radical (unpaired) electrons. The SMILES string of the molecule is CCn1cc(-c2ccc(Cl)cc2Cl)nc1[C@@H](N)Cc1ccc(Oc2ccc(C(=O)OC)cc2)cc1. The number of ether oxygens (including phenoxy) is 2. The van der Waals surface area contributed by atoms with Crippen LogP contribution < -0.4 is 10.5 Å². The number of halogens is 2. The highest BCUT2D eigenvalue weighted by Gasteiger charge is 2.18. The largest absolute Gasteiger partial charge is 0.465 e. The number of carbonyl (C=O) groups excluding carboxylic acids is 1. The van der Waals surface area contributed by atoms with E-state index in [2.05, 4.69) is 6.92 Å². The third-order valence-electron chi connectivity index (χ3n) is 5.58. The summed E-state index contributed by atoms with van der Waals surface area (Å²) in [4.78, 5) is 16.4. The molecular weight excluding hydrogens is 485 g/mol. The van der Waals surface area contributed by atoms with E-state index in [1.807, 2.05) is 41.1 Å². The van der Waals surface area contributed by atoms with Crippen LogP contribution in [0.1, 0.15) is 34.7 Å². The standard InChI is InChI=1S/C27H25Cl2N3O3/c1-3-32-16-25(22-13-8-19(28)15-23(22)29)31-26(32)24(30)14-17-4-9-20(10-5-17)35-21-11-6-18(7-12-21)27(33)34-2/h4-13,15-16,24H,3,14,30H2,1-2H3/t24-/m0/s1. The second-order valence-electron chi connectivity index (χ2n) is 7.97. The summed E-state index contributed by atoms with van der Waals surface area (Å²) in [6, 6.07) is 19.6. The number of aromatic nitrogens is 2. The van der Waals surface area contributed by atoms with Gasteiger partial charge in [0, 0.05) is 23.3 Å². The summed E-state index contributed by atoms with van der Waals surface area (Å²) < 4.78 is 12.6. The fourth-order valence-electron chi connectivity index (χ4n) is 3.76. The van der Waals surface area contributed by atoms with Crippen molar-refractivity contribution in [1.29, 1.82) is 0 Å². The molecule has 180 valence electrons. The summed E-state index contributed by atoms with van der Waals surface area (Å²) in [5, 5.41) is 1.13. The van der Waals surface area contributed by atoms with Gasteiger partial charge in [-0.05, 0) is 73.5 Å². The Labute approximate surface area is 214 Å². The number of hydrogen-bond donors (Lipinski definition) is 1. The molecule has 1 atom stereocenters. The van der Waals surface area contributed by atoms with E-state index in [9.17, 15) is 4.79 Å². The lowest BCUT2D eigenvalue weighted by molar-refractivity contribution is 0.0600. The zero-order valence-electron chi connectivity index (χ0n) is 19.4. The Bertz CT molecular complexity index is 1320. The van der Waals surface area contributed by atoms with E-state index in [1.165, 1.54) is 7.11 Å². The Morgan fingerprint density at radius 2 is 1.69 bits per heavy atom. The van der Waals surface area contributed by atoms with Gasteiger partial charge in [0.25, 0.3) is 0 Å². The molecule has 2 N–H and O–H groups in total. The minimum Gasteiger partial charge on any atom is -0.465 e. The monoisotopic (exact) mass is 509 g/mol. The first-order valence-corrected chi connectivity index (χ1v) is 11.9. The van der Waals surface area contributed by atoms with E-state index in [-0.39, 0.29) is 12.0 Å². The van der Waals surface area contributed by atoms with Crippen LogP contribution in [-0.4, -0.2) is 22.6 Å². The predicted molar refractivity (Wildman–Crippen MR) is 138 cm³/mol. The molecule has 0 aliphatic rings. The number of nitrogens with two attached hydrogens (primary N) is 1. The molecule has 6 nitrogen and oxygen atoms in total. The fourth-order valence-corrected chi connectivity index (χ4v) is 4.26. The number of aryl methyl sites for hydroxylation is 1. The van der Waals surface area contributed by atoms with E-state index in [4.69, 9.17) is 43.4 Å². The molecule has 0 amide bonds. The van der Waals surface area contributed by atoms with Gasteiger partial charge in [0.15, 0.2) is 0 Å². The van der Waals surface area contributed by atoms with Gasteiger partial charge in [0.05, 0.1) is 29.4 Å². The van der Waals surface area contributed by atoms with E-state index >= 15 is 0 Å². The summed E-state index contributed by atoms with van der Waals surface area (Å²) in [6.07, 6.45) is 2.58. The second kappa shape index (κ2) is 11.0. The Hall–Kier alpha value is -3.32. The van der Waals surface area contributed by atoms with Crippen LogP contribution in [0.25, 0.3) is 11.3 Å². The smallest absolute Gasteiger partial charge is 0.337 e. The summed E-state index contributed by atoms with van der Waals surface area (Å²) in [6.45, 7) is 2.79. The van der Waals surface area contributed by atoms with E-state index in [1.54, 1.807) is 36.4 Å².